The van der Waals surface area contributed by atoms with Gasteiger partial charge in [-0.25, -0.2) is 0 Å². The molecule has 1 aliphatic rings. The van der Waals surface area contributed by atoms with Gasteiger partial charge in [0.1, 0.15) is 17.6 Å². The van der Waals surface area contributed by atoms with Crippen molar-refractivity contribution in [3.63, 3.8) is 0 Å². The molecular formula is C14H22N2O2. The van der Waals surface area contributed by atoms with Gasteiger partial charge in [-0.15, -0.1) is 0 Å². The summed E-state index contributed by atoms with van der Waals surface area (Å²) < 4.78 is 11.2. The Morgan fingerprint density at radius 3 is 2.50 bits per heavy atom. The first-order chi connectivity index (χ1) is 8.71. The van der Waals surface area contributed by atoms with Crippen molar-refractivity contribution in [2.45, 2.75) is 25.9 Å². The maximum absolute atomic E-state index is 5.98. The van der Waals surface area contributed by atoms with E-state index in [9.17, 15) is 0 Å². The molecule has 100 valence electrons. The number of likely N-dealkylation sites (tertiary alicyclic amines) is 1. The number of methoxy groups -OCH3 is 1. The lowest BCUT2D eigenvalue weighted by molar-refractivity contribution is 0.103. The predicted molar refractivity (Wildman–Crippen MR) is 73.2 cm³/mol. The molecule has 0 atom stereocenters. The number of nitrogen functional groups attached to an aromatic ring is 1. The summed E-state index contributed by atoms with van der Waals surface area (Å²) in [6.07, 6.45) is 2.44. The minimum atomic E-state index is 0.291. The number of hydrogen-bond acceptors (Lipinski definition) is 4. The third kappa shape index (κ3) is 3.29. The Balaban J connectivity index is 1.95. The topological polar surface area (TPSA) is 47.7 Å². The van der Waals surface area contributed by atoms with Crippen LogP contribution in [-0.2, 0) is 0 Å². The zero-order chi connectivity index (χ0) is 13.0. The van der Waals surface area contributed by atoms with Gasteiger partial charge in [0, 0.05) is 37.0 Å². The Hall–Kier alpha value is -1.42. The fourth-order valence-electron chi connectivity index (χ4n) is 2.32. The summed E-state index contributed by atoms with van der Waals surface area (Å²) in [5.74, 6) is 1.55. The molecule has 18 heavy (non-hydrogen) atoms. The molecule has 1 aliphatic heterocycles. The molecule has 0 radical (unpaired) electrons. The second-order valence-corrected chi connectivity index (χ2v) is 4.69. The highest BCUT2D eigenvalue weighted by atomic mass is 16.5. The SMILES string of the molecule is CCN1CCC(Oc2cc(N)cc(OC)c2)CC1. The van der Waals surface area contributed by atoms with E-state index in [0.29, 0.717) is 11.8 Å². The van der Waals surface area contributed by atoms with Crippen molar-refractivity contribution in [1.29, 1.82) is 0 Å². The van der Waals surface area contributed by atoms with Gasteiger partial charge in [0.05, 0.1) is 7.11 Å². The number of benzene rings is 1. The van der Waals surface area contributed by atoms with Crippen LogP contribution in [0.15, 0.2) is 18.2 Å². The molecule has 1 heterocycles. The standard InChI is InChI=1S/C14H22N2O2/c1-3-16-6-4-12(5-7-16)18-14-9-11(15)8-13(10-14)17-2/h8-10,12H,3-7,15H2,1-2H3. The molecule has 4 nitrogen and oxygen atoms in total. The molecule has 0 aromatic heterocycles. The average Bonchev–Trinajstić information content (AvgIpc) is 2.39. The monoisotopic (exact) mass is 250 g/mol. The number of piperidine rings is 1. The Labute approximate surface area is 109 Å². The van der Waals surface area contributed by atoms with Gasteiger partial charge in [0.2, 0.25) is 0 Å². The van der Waals surface area contributed by atoms with Crippen molar-refractivity contribution in [3.05, 3.63) is 18.2 Å². The number of rotatable bonds is 4. The molecule has 0 spiro atoms. The fourth-order valence-corrected chi connectivity index (χ4v) is 2.32. The molecule has 0 bridgehead atoms. The highest BCUT2D eigenvalue weighted by Crippen LogP contribution is 2.26. The molecule has 0 unspecified atom stereocenters. The molecular weight excluding hydrogens is 228 g/mol. The lowest BCUT2D eigenvalue weighted by atomic mass is 10.1. The highest BCUT2D eigenvalue weighted by Gasteiger charge is 2.19. The van der Waals surface area contributed by atoms with Gasteiger partial charge in [-0.1, -0.05) is 6.92 Å². The van der Waals surface area contributed by atoms with Gasteiger partial charge >= 0.3 is 0 Å². The molecule has 4 heteroatoms. The van der Waals surface area contributed by atoms with Gasteiger partial charge < -0.3 is 20.1 Å². The third-order valence-electron chi connectivity index (χ3n) is 3.42. The normalized spacial score (nSPS) is 17.7. The summed E-state index contributed by atoms with van der Waals surface area (Å²) in [7, 11) is 1.64. The summed E-state index contributed by atoms with van der Waals surface area (Å²) in [4.78, 5) is 2.44. The van der Waals surface area contributed by atoms with E-state index in [4.69, 9.17) is 15.2 Å². The second kappa shape index (κ2) is 5.96. The van der Waals surface area contributed by atoms with E-state index in [1.807, 2.05) is 12.1 Å². The van der Waals surface area contributed by atoms with Crippen molar-refractivity contribution in [1.82, 2.24) is 4.90 Å². The van der Waals surface area contributed by atoms with E-state index < -0.39 is 0 Å². The van der Waals surface area contributed by atoms with Crippen molar-refractivity contribution >= 4 is 5.69 Å². The Kier molecular flexibility index (Phi) is 4.31. The smallest absolute Gasteiger partial charge is 0.125 e. The third-order valence-corrected chi connectivity index (χ3v) is 3.42. The first kappa shape index (κ1) is 13.0. The number of hydrogen-bond donors (Lipinski definition) is 1. The minimum Gasteiger partial charge on any atom is -0.497 e. The zero-order valence-corrected chi connectivity index (χ0v) is 11.2. The van der Waals surface area contributed by atoms with Crippen LogP contribution in [0.5, 0.6) is 11.5 Å². The highest BCUT2D eigenvalue weighted by molar-refractivity contribution is 5.50. The number of ether oxygens (including phenoxy) is 2. The van der Waals surface area contributed by atoms with Crippen molar-refractivity contribution in [2.24, 2.45) is 0 Å². The van der Waals surface area contributed by atoms with Gasteiger partial charge in [0.25, 0.3) is 0 Å². The number of nitrogens with zero attached hydrogens (tertiary/aromatic N) is 1. The number of anilines is 1. The van der Waals surface area contributed by atoms with Crippen LogP contribution in [0, 0.1) is 0 Å². The van der Waals surface area contributed by atoms with Gasteiger partial charge in [-0.05, 0) is 19.4 Å². The first-order valence-electron chi connectivity index (χ1n) is 6.55. The number of nitrogens with two attached hydrogens (primary N) is 1. The maximum Gasteiger partial charge on any atom is 0.125 e. The van der Waals surface area contributed by atoms with Crippen LogP contribution in [0.2, 0.25) is 0 Å². The molecule has 2 rings (SSSR count). The van der Waals surface area contributed by atoms with Crippen LogP contribution in [-0.4, -0.2) is 37.7 Å². The van der Waals surface area contributed by atoms with Crippen molar-refractivity contribution < 1.29 is 9.47 Å². The Morgan fingerprint density at radius 1 is 1.22 bits per heavy atom. The van der Waals surface area contributed by atoms with E-state index in [2.05, 4.69) is 11.8 Å². The quantitative estimate of drug-likeness (QED) is 0.832. The molecule has 1 saturated heterocycles. The fraction of sp³-hybridized carbons (Fsp3) is 0.571. The minimum absolute atomic E-state index is 0.291. The summed E-state index contributed by atoms with van der Waals surface area (Å²) in [6.45, 7) is 5.55. The van der Waals surface area contributed by atoms with Crippen molar-refractivity contribution in [2.75, 3.05) is 32.5 Å². The predicted octanol–water partition coefficient (Wildman–Crippen LogP) is 2.14. The molecule has 1 aromatic carbocycles. The van der Waals surface area contributed by atoms with E-state index in [0.717, 1.165) is 44.0 Å². The van der Waals surface area contributed by atoms with Crippen LogP contribution in [0.25, 0.3) is 0 Å². The van der Waals surface area contributed by atoms with Crippen molar-refractivity contribution in [3.8, 4) is 11.5 Å². The van der Waals surface area contributed by atoms with E-state index in [1.165, 1.54) is 0 Å². The Bertz CT molecular complexity index is 387. The summed E-state index contributed by atoms with van der Waals surface area (Å²) in [5.41, 5.74) is 6.49. The summed E-state index contributed by atoms with van der Waals surface area (Å²) >= 11 is 0. The van der Waals surface area contributed by atoms with Crippen LogP contribution in [0.4, 0.5) is 5.69 Å². The lowest BCUT2D eigenvalue weighted by Crippen LogP contribution is -2.37. The van der Waals surface area contributed by atoms with Crippen LogP contribution in [0.3, 0.4) is 0 Å². The summed E-state index contributed by atoms with van der Waals surface area (Å²) in [6, 6.07) is 5.55. The maximum atomic E-state index is 5.98. The average molecular weight is 250 g/mol. The molecule has 2 N–H and O–H groups in total. The largest absolute Gasteiger partial charge is 0.497 e. The Morgan fingerprint density at radius 2 is 1.89 bits per heavy atom. The van der Waals surface area contributed by atoms with Gasteiger partial charge in [0.15, 0.2) is 0 Å². The zero-order valence-electron chi connectivity index (χ0n) is 11.2. The van der Waals surface area contributed by atoms with Crippen LogP contribution < -0.4 is 15.2 Å². The lowest BCUT2D eigenvalue weighted by Gasteiger charge is -2.31. The molecule has 0 aliphatic carbocycles. The van der Waals surface area contributed by atoms with E-state index >= 15 is 0 Å². The van der Waals surface area contributed by atoms with Crippen LogP contribution >= 0.6 is 0 Å². The molecule has 1 aromatic rings. The second-order valence-electron chi connectivity index (χ2n) is 4.69. The summed E-state index contributed by atoms with van der Waals surface area (Å²) in [5, 5.41) is 0. The van der Waals surface area contributed by atoms with E-state index in [-0.39, 0.29) is 0 Å². The van der Waals surface area contributed by atoms with Crippen LogP contribution in [0.1, 0.15) is 19.8 Å². The first-order valence-corrected chi connectivity index (χ1v) is 6.55. The van der Waals surface area contributed by atoms with Gasteiger partial charge in [-0.2, -0.15) is 0 Å². The molecule has 1 fully saturated rings. The van der Waals surface area contributed by atoms with E-state index in [1.54, 1.807) is 13.2 Å². The molecule has 0 saturated carbocycles. The molecule has 0 amide bonds. The van der Waals surface area contributed by atoms with Gasteiger partial charge in [-0.3, -0.25) is 0 Å².